The highest BCUT2D eigenvalue weighted by Gasteiger charge is 2.30. The number of thioether (sulfide) groups is 1. The molecule has 2 aromatic heterocycles. The van der Waals surface area contributed by atoms with Gasteiger partial charge in [-0.3, -0.25) is 4.79 Å². The van der Waals surface area contributed by atoms with Gasteiger partial charge in [0.15, 0.2) is 5.76 Å². The molecule has 7 heteroatoms. The number of benzene rings is 1. The molecule has 1 amide bonds. The first kappa shape index (κ1) is 20.3. The second-order valence-corrected chi connectivity index (χ2v) is 8.86. The topological polar surface area (TPSA) is 68.3 Å². The second kappa shape index (κ2) is 9.15. The average molecular weight is 423 g/mol. The molecular formula is C20H23ClN2O2S2. The van der Waals surface area contributed by atoms with Gasteiger partial charge in [0.1, 0.15) is 5.58 Å². The first-order valence-electron chi connectivity index (χ1n) is 8.94. The molecule has 2 heterocycles. The predicted octanol–water partition coefficient (Wildman–Crippen LogP) is 5.07. The monoisotopic (exact) mass is 422 g/mol. The molecular weight excluding hydrogens is 400 g/mol. The van der Waals surface area contributed by atoms with E-state index < -0.39 is 0 Å². The van der Waals surface area contributed by atoms with Gasteiger partial charge in [0, 0.05) is 22.7 Å². The molecule has 4 nitrogen and oxygen atoms in total. The zero-order chi connectivity index (χ0) is 17.9. The van der Waals surface area contributed by atoms with Crippen molar-refractivity contribution in [2.75, 3.05) is 6.54 Å². The van der Waals surface area contributed by atoms with Gasteiger partial charge < -0.3 is 15.5 Å². The third-order valence-corrected chi connectivity index (χ3v) is 7.19. The minimum Gasteiger partial charge on any atom is -0.451 e. The molecule has 0 saturated heterocycles. The quantitative estimate of drug-likeness (QED) is 0.544. The van der Waals surface area contributed by atoms with E-state index in [2.05, 4.69) is 16.8 Å². The summed E-state index contributed by atoms with van der Waals surface area (Å²) in [5.74, 6) is 1.41. The predicted molar refractivity (Wildman–Crippen MR) is 115 cm³/mol. The Kier molecular flexibility index (Phi) is 6.87. The molecule has 4 rings (SSSR count). The van der Waals surface area contributed by atoms with Crippen LogP contribution in [0.5, 0.6) is 0 Å². The van der Waals surface area contributed by atoms with Crippen LogP contribution >= 0.6 is 35.5 Å². The number of rotatable bonds is 6. The number of hydrogen-bond donors (Lipinski definition) is 2. The van der Waals surface area contributed by atoms with Crippen LogP contribution < -0.4 is 11.1 Å². The molecule has 2 atom stereocenters. The third-order valence-electron chi connectivity index (χ3n) is 5.04. The lowest BCUT2D eigenvalue weighted by atomic mass is 10.0. The van der Waals surface area contributed by atoms with Crippen LogP contribution in [-0.2, 0) is 5.75 Å². The van der Waals surface area contributed by atoms with Crippen LogP contribution in [0.25, 0.3) is 11.0 Å². The highest BCUT2D eigenvalue weighted by Crippen LogP contribution is 2.34. The molecule has 1 aromatic carbocycles. The molecule has 27 heavy (non-hydrogen) atoms. The van der Waals surface area contributed by atoms with Crippen LogP contribution in [0.2, 0.25) is 0 Å². The normalized spacial score (nSPS) is 19.1. The second-order valence-electron chi connectivity index (χ2n) is 6.63. The molecule has 2 unspecified atom stereocenters. The van der Waals surface area contributed by atoms with Gasteiger partial charge in [0.2, 0.25) is 0 Å². The molecule has 1 aliphatic rings. The van der Waals surface area contributed by atoms with E-state index in [9.17, 15) is 4.79 Å². The summed E-state index contributed by atoms with van der Waals surface area (Å²) in [7, 11) is 0. The van der Waals surface area contributed by atoms with Gasteiger partial charge in [0.05, 0.1) is 4.21 Å². The van der Waals surface area contributed by atoms with Gasteiger partial charge in [-0.2, -0.15) is 0 Å². The number of amides is 1. The van der Waals surface area contributed by atoms with Crippen molar-refractivity contribution in [1.82, 2.24) is 5.32 Å². The zero-order valence-electron chi connectivity index (χ0n) is 14.9. The fourth-order valence-corrected chi connectivity index (χ4v) is 5.47. The van der Waals surface area contributed by atoms with Crippen molar-refractivity contribution < 1.29 is 9.21 Å². The maximum Gasteiger partial charge on any atom is 0.287 e. The van der Waals surface area contributed by atoms with Crippen LogP contribution in [-0.4, -0.2) is 18.5 Å². The van der Waals surface area contributed by atoms with E-state index in [0.29, 0.717) is 24.0 Å². The molecule has 1 aliphatic carbocycles. The maximum atomic E-state index is 13.0. The Morgan fingerprint density at radius 3 is 2.89 bits per heavy atom. The van der Waals surface area contributed by atoms with Crippen LogP contribution in [0.4, 0.5) is 0 Å². The van der Waals surface area contributed by atoms with Crippen molar-refractivity contribution in [2.45, 2.75) is 35.3 Å². The molecule has 0 bridgehead atoms. The van der Waals surface area contributed by atoms with Gasteiger partial charge >= 0.3 is 0 Å². The average Bonchev–Trinajstić information content (AvgIpc) is 3.39. The number of thiophene rings is 1. The summed E-state index contributed by atoms with van der Waals surface area (Å²) in [6.45, 7) is 0.617. The minimum atomic E-state index is -0.117. The number of hydrogen-bond acceptors (Lipinski definition) is 5. The fraction of sp³-hybridized carbons (Fsp3) is 0.350. The van der Waals surface area contributed by atoms with E-state index in [1.807, 2.05) is 30.3 Å². The Labute approximate surface area is 173 Å². The lowest BCUT2D eigenvalue weighted by molar-refractivity contribution is 0.0902. The van der Waals surface area contributed by atoms with Crippen LogP contribution in [0, 0.1) is 5.92 Å². The largest absolute Gasteiger partial charge is 0.451 e. The van der Waals surface area contributed by atoms with Gasteiger partial charge in [-0.15, -0.1) is 35.5 Å². The molecule has 144 valence electrons. The summed E-state index contributed by atoms with van der Waals surface area (Å²) in [6.07, 6.45) is 3.20. The highest BCUT2D eigenvalue weighted by atomic mass is 35.5. The lowest BCUT2D eigenvalue weighted by Crippen LogP contribution is -2.40. The Morgan fingerprint density at radius 2 is 2.11 bits per heavy atom. The van der Waals surface area contributed by atoms with Crippen LogP contribution in [0.3, 0.4) is 0 Å². The van der Waals surface area contributed by atoms with E-state index in [4.69, 9.17) is 10.2 Å². The van der Waals surface area contributed by atoms with Crippen molar-refractivity contribution in [3.63, 3.8) is 0 Å². The lowest BCUT2D eigenvalue weighted by Gasteiger charge is -2.19. The third kappa shape index (κ3) is 4.35. The van der Waals surface area contributed by atoms with Crippen molar-refractivity contribution in [3.8, 4) is 0 Å². The van der Waals surface area contributed by atoms with Gasteiger partial charge in [-0.05, 0) is 42.8 Å². The minimum absolute atomic E-state index is 0. The van der Waals surface area contributed by atoms with Crippen molar-refractivity contribution in [3.05, 3.63) is 53.1 Å². The summed E-state index contributed by atoms with van der Waals surface area (Å²) in [5.41, 5.74) is 7.59. The molecule has 0 spiro atoms. The van der Waals surface area contributed by atoms with E-state index in [0.717, 1.165) is 35.8 Å². The Hall–Kier alpha value is -1.47. The van der Waals surface area contributed by atoms with E-state index in [1.165, 1.54) is 4.21 Å². The Bertz CT molecular complexity index is 895. The number of nitrogens with one attached hydrogen (secondary N) is 1. The summed E-state index contributed by atoms with van der Waals surface area (Å²) in [6, 6.07) is 12.2. The smallest absolute Gasteiger partial charge is 0.287 e. The molecule has 1 saturated carbocycles. The Balaban J connectivity index is 0.00000210. The summed E-state index contributed by atoms with van der Waals surface area (Å²) < 4.78 is 7.19. The van der Waals surface area contributed by atoms with Crippen molar-refractivity contribution in [2.24, 2.45) is 11.7 Å². The van der Waals surface area contributed by atoms with Gasteiger partial charge in [-0.1, -0.05) is 30.7 Å². The van der Waals surface area contributed by atoms with Crippen molar-refractivity contribution in [1.29, 1.82) is 0 Å². The molecule has 3 aromatic rings. The number of furan rings is 1. The SMILES string of the molecule is Cl.NCC1CCCC1NC(=O)c1oc2ccccc2c1CSc1cccs1. The Morgan fingerprint density at radius 1 is 1.26 bits per heavy atom. The van der Waals surface area contributed by atoms with Gasteiger partial charge in [-0.25, -0.2) is 0 Å². The van der Waals surface area contributed by atoms with Crippen LogP contribution in [0.15, 0.2) is 50.4 Å². The summed E-state index contributed by atoms with van der Waals surface area (Å²) >= 11 is 3.45. The number of carbonyl (C=O) groups excluding carboxylic acids is 1. The highest BCUT2D eigenvalue weighted by molar-refractivity contribution is 8.00. The first-order chi connectivity index (χ1) is 12.8. The molecule has 0 radical (unpaired) electrons. The fourth-order valence-electron chi connectivity index (χ4n) is 3.66. The van der Waals surface area contributed by atoms with E-state index >= 15 is 0 Å². The summed E-state index contributed by atoms with van der Waals surface area (Å²) in [4.78, 5) is 13.0. The summed E-state index contributed by atoms with van der Waals surface area (Å²) in [5, 5.41) is 6.25. The number of fused-ring (bicyclic) bond motifs is 1. The number of nitrogens with two attached hydrogens (primary N) is 1. The first-order valence-corrected chi connectivity index (χ1v) is 10.8. The zero-order valence-corrected chi connectivity index (χ0v) is 17.3. The number of carbonyl (C=O) groups is 1. The number of halogens is 1. The molecule has 1 fully saturated rings. The van der Waals surface area contributed by atoms with Crippen molar-refractivity contribution >= 4 is 52.4 Å². The van der Waals surface area contributed by atoms with Gasteiger partial charge in [0.25, 0.3) is 5.91 Å². The molecule has 0 aliphatic heterocycles. The maximum absolute atomic E-state index is 13.0. The standard InChI is InChI=1S/C20H22N2O2S2.ClH/c21-11-13-5-3-7-16(13)22-20(23)19-15(12-26-18-9-4-10-25-18)14-6-1-2-8-17(14)24-19;/h1-2,4,6,8-10,13,16H,3,5,7,11-12,21H2,(H,22,23);1H. The number of para-hydroxylation sites is 1. The van der Waals surface area contributed by atoms with E-state index in [-0.39, 0.29) is 24.4 Å². The van der Waals surface area contributed by atoms with Crippen LogP contribution in [0.1, 0.15) is 35.4 Å². The molecule has 3 N–H and O–H groups in total. The van der Waals surface area contributed by atoms with E-state index in [1.54, 1.807) is 23.1 Å².